The van der Waals surface area contributed by atoms with Crippen LogP contribution in [-0.4, -0.2) is 31.2 Å². The summed E-state index contributed by atoms with van der Waals surface area (Å²) in [4.78, 5) is 13.1. The first-order valence-electron chi connectivity index (χ1n) is 10.4. The molecule has 0 aromatic heterocycles. The molecule has 2 aliphatic rings. The predicted molar refractivity (Wildman–Crippen MR) is 126 cm³/mol. The number of ether oxygens (including phenoxy) is 1. The van der Waals surface area contributed by atoms with Gasteiger partial charge in [0.05, 0.1) is 49.9 Å². The molecule has 0 radical (unpaired) electrons. The van der Waals surface area contributed by atoms with Crippen LogP contribution < -0.4 is 5.32 Å². The van der Waals surface area contributed by atoms with Crippen molar-refractivity contribution >= 4 is 50.5 Å². The van der Waals surface area contributed by atoms with E-state index in [2.05, 4.69) is 11.4 Å². The van der Waals surface area contributed by atoms with Gasteiger partial charge in [-0.2, -0.15) is 5.26 Å². The van der Waals surface area contributed by atoms with Gasteiger partial charge in [-0.1, -0.05) is 53.0 Å². The van der Waals surface area contributed by atoms with Gasteiger partial charge in [-0.05, 0) is 55.5 Å². The van der Waals surface area contributed by atoms with Gasteiger partial charge in [0.15, 0.2) is 9.84 Å². The molecule has 6 nitrogen and oxygen atoms in total. The average molecular weight is 528 g/mol. The highest BCUT2D eigenvalue weighted by atomic mass is 35.5. The molecule has 0 aliphatic heterocycles. The summed E-state index contributed by atoms with van der Waals surface area (Å²) in [6, 6.07) is 13.5. The number of carbonyl (C=O) groups excluding carboxylic acids is 1. The Balaban J connectivity index is 1.56. The number of hydrogen-bond acceptors (Lipinski definition) is 5. The van der Waals surface area contributed by atoms with Gasteiger partial charge in [-0.25, -0.2) is 8.42 Å². The van der Waals surface area contributed by atoms with Crippen molar-refractivity contribution in [1.29, 1.82) is 5.26 Å². The van der Waals surface area contributed by atoms with Crippen molar-refractivity contribution in [1.82, 2.24) is 5.32 Å². The monoisotopic (exact) mass is 526 g/mol. The van der Waals surface area contributed by atoms with E-state index in [-0.39, 0.29) is 35.3 Å². The maximum Gasteiger partial charge on any atom is 0.227 e. The van der Waals surface area contributed by atoms with E-state index in [9.17, 15) is 18.5 Å². The lowest BCUT2D eigenvalue weighted by molar-refractivity contribution is -0.130. The number of benzene rings is 2. The third-order valence-corrected chi connectivity index (χ3v) is 9.57. The molecular formula is C23H21Cl3N2O4S. The maximum atomic E-state index is 13.3. The van der Waals surface area contributed by atoms with E-state index < -0.39 is 32.6 Å². The zero-order chi connectivity index (χ0) is 23.8. The van der Waals surface area contributed by atoms with Crippen molar-refractivity contribution in [3.63, 3.8) is 0 Å². The first-order valence-corrected chi connectivity index (χ1v) is 13.1. The van der Waals surface area contributed by atoms with Crippen molar-refractivity contribution < 1.29 is 17.9 Å². The highest BCUT2D eigenvalue weighted by Gasteiger charge is 2.50. The molecule has 2 saturated carbocycles. The predicted octanol–water partition coefficient (Wildman–Crippen LogP) is 4.96. The topological polar surface area (TPSA) is 96.3 Å². The zero-order valence-electron chi connectivity index (χ0n) is 17.4. The standard InChI is InChI=1S/C23H21Cl3N2O4S/c24-17-6-5-14(9-19(17)26)12-32-20-11-15(33(30,31)21-4-2-1-3-18(21)25)10-16(20)22(29)28-23(13-27)7-8-23/h1-6,9,15-16,20H,7-8,10-12H2,(H,28,29)/t15-,16-,20-/m0/s1. The number of sulfone groups is 1. The second-order valence-corrected chi connectivity index (χ2v) is 11.9. The molecule has 1 N–H and O–H groups in total. The van der Waals surface area contributed by atoms with Crippen molar-refractivity contribution in [2.75, 3.05) is 0 Å². The molecule has 0 spiro atoms. The van der Waals surface area contributed by atoms with E-state index in [4.69, 9.17) is 39.5 Å². The van der Waals surface area contributed by atoms with Crippen molar-refractivity contribution in [2.45, 2.75) is 54.1 Å². The van der Waals surface area contributed by atoms with Crippen LogP contribution in [0, 0.1) is 17.2 Å². The minimum Gasteiger partial charge on any atom is -0.373 e. The minimum absolute atomic E-state index is 0.0386. The third kappa shape index (κ3) is 5.16. The van der Waals surface area contributed by atoms with E-state index in [0.29, 0.717) is 22.9 Å². The number of hydrogen-bond donors (Lipinski definition) is 1. The molecule has 0 unspecified atom stereocenters. The Labute approximate surface area is 207 Å². The second kappa shape index (κ2) is 9.44. The Bertz CT molecular complexity index is 1220. The molecule has 174 valence electrons. The molecule has 0 bridgehead atoms. The summed E-state index contributed by atoms with van der Waals surface area (Å²) in [6.07, 6.45) is 0.714. The first kappa shape index (κ1) is 24.3. The third-order valence-electron chi connectivity index (χ3n) is 6.15. The molecule has 10 heteroatoms. The summed E-state index contributed by atoms with van der Waals surface area (Å²) in [7, 11) is -3.79. The van der Waals surface area contributed by atoms with Crippen LogP contribution in [-0.2, 0) is 26.0 Å². The lowest BCUT2D eigenvalue weighted by atomic mass is 10.0. The maximum absolute atomic E-state index is 13.3. The van der Waals surface area contributed by atoms with Gasteiger partial charge in [0.25, 0.3) is 0 Å². The van der Waals surface area contributed by atoms with Crippen LogP contribution in [0.2, 0.25) is 15.1 Å². The molecule has 2 aliphatic carbocycles. The van der Waals surface area contributed by atoms with E-state index in [1.54, 1.807) is 30.3 Å². The van der Waals surface area contributed by atoms with Crippen LogP contribution in [0.5, 0.6) is 0 Å². The number of nitrogens with one attached hydrogen (secondary N) is 1. The normalized spacial score (nSPS) is 23.6. The molecule has 33 heavy (non-hydrogen) atoms. The lowest BCUT2D eigenvalue weighted by Gasteiger charge is -2.21. The Morgan fingerprint density at radius 1 is 1.09 bits per heavy atom. The van der Waals surface area contributed by atoms with Gasteiger partial charge in [-0.3, -0.25) is 4.79 Å². The summed E-state index contributed by atoms with van der Waals surface area (Å²) in [5.74, 6) is -1.09. The van der Waals surface area contributed by atoms with Crippen molar-refractivity contribution in [2.24, 2.45) is 5.92 Å². The Hall–Kier alpha value is -1.82. The van der Waals surface area contributed by atoms with E-state index >= 15 is 0 Å². The minimum atomic E-state index is -3.79. The SMILES string of the molecule is N#CC1(NC(=O)[C@H]2C[C@H](S(=O)(=O)c3ccccc3Cl)C[C@@H]2OCc2ccc(Cl)c(Cl)c2)CC1. The van der Waals surface area contributed by atoms with Crippen LogP contribution >= 0.6 is 34.8 Å². The van der Waals surface area contributed by atoms with Crippen LogP contribution in [0.1, 0.15) is 31.2 Å². The number of nitrogens with zero attached hydrogens (tertiary/aromatic N) is 1. The summed E-state index contributed by atoms with van der Waals surface area (Å²) >= 11 is 18.2. The highest BCUT2D eigenvalue weighted by molar-refractivity contribution is 7.92. The van der Waals surface area contributed by atoms with Crippen LogP contribution in [0.15, 0.2) is 47.4 Å². The summed E-state index contributed by atoms with van der Waals surface area (Å²) in [5, 5.41) is 12.2. The lowest BCUT2D eigenvalue weighted by Crippen LogP contribution is -2.42. The van der Waals surface area contributed by atoms with Gasteiger partial charge in [-0.15, -0.1) is 0 Å². The number of amides is 1. The van der Waals surface area contributed by atoms with Gasteiger partial charge >= 0.3 is 0 Å². The summed E-state index contributed by atoms with van der Waals surface area (Å²) in [6.45, 7) is 0.133. The molecule has 4 rings (SSSR count). The smallest absolute Gasteiger partial charge is 0.227 e. The molecule has 3 atom stereocenters. The van der Waals surface area contributed by atoms with Gasteiger partial charge in [0, 0.05) is 0 Å². The van der Waals surface area contributed by atoms with Crippen LogP contribution in [0.4, 0.5) is 0 Å². The van der Waals surface area contributed by atoms with E-state index in [0.717, 1.165) is 5.56 Å². The number of carbonyl (C=O) groups is 1. The fraction of sp³-hybridized carbons (Fsp3) is 0.391. The van der Waals surface area contributed by atoms with Crippen molar-refractivity contribution in [3.05, 3.63) is 63.1 Å². The molecule has 2 aromatic carbocycles. The fourth-order valence-electron chi connectivity index (χ4n) is 4.07. The quantitative estimate of drug-likeness (QED) is 0.549. The van der Waals surface area contributed by atoms with Gasteiger partial charge < -0.3 is 10.1 Å². The summed E-state index contributed by atoms with van der Waals surface area (Å²) < 4.78 is 32.7. The Morgan fingerprint density at radius 2 is 1.82 bits per heavy atom. The molecule has 0 saturated heterocycles. The largest absolute Gasteiger partial charge is 0.373 e. The highest BCUT2D eigenvalue weighted by Crippen LogP contribution is 2.40. The number of rotatable bonds is 7. The molecule has 1 amide bonds. The van der Waals surface area contributed by atoms with Crippen LogP contribution in [0.25, 0.3) is 0 Å². The summed E-state index contributed by atoms with van der Waals surface area (Å²) in [5.41, 5.74) is -0.109. The number of nitriles is 1. The van der Waals surface area contributed by atoms with E-state index in [1.165, 1.54) is 12.1 Å². The molecular weight excluding hydrogens is 507 g/mol. The van der Waals surface area contributed by atoms with Gasteiger partial charge in [0.2, 0.25) is 5.91 Å². The Kier molecular flexibility index (Phi) is 6.95. The van der Waals surface area contributed by atoms with E-state index in [1.807, 2.05) is 0 Å². The van der Waals surface area contributed by atoms with Gasteiger partial charge in [0.1, 0.15) is 5.54 Å². The average Bonchev–Trinajstić information content (AvgIpc) is 3.41. The zero-order valence-corrected chi connectivity index (χ0v) is 20.5. The number of halogens is 3. The Morgan fingerprint density at radius 3 is 2.45 bits per heavy atom. The fourth-order valence-corrected chi connectivity index (χ4v) is 6.72. The molecule has 0 heterocycles. The second-order valence-electron chi connectivity index (χ2n) is 8.46. The van der Waals surface area contributed by atoms with Crippen LogP contribution in [0.3, 0.4) is 0 Å². The first-order chi connectivity index (χ1) is 15.6. The van der Waals surface area contributed by atoms with Crippen molar-refractivity contribution in [3.8, 4) is 6.07 Å². The molecule has 2 fully saturated rings. The molecule has 2 aromatic rings.